The van der Waals surface area contributed by atoms with E-state index in [1.54, 1.807) is 18.3 Å². The second-order valence-electron chi connectivity index (χ2n) is 2.96. The Kier molecular flexibility index (Phi) is 4.23. The highest BCUT2D eigenvalue weighted by atomic mass is 35.5. The Bertz CT molecular complexity index is 540. The van der Waals surface area contributed by atoms with Gasteiger partial charge in [0.05, 0.1) is 21.3 Å². The number of hydrogen-bond donors (Lipinski definition) is 1. The first-order valence-electron chi connectivity index (χ1n) is 4.50. The molecule has 0 unspecified atom stereocenters. The summed E-state index contributed by atoms with van der Waals surface area (Å²) in [6.07, 6.45) is 3.19. The van der Waals surface area contributed by atoms with Crippen molar-refractivity contribution >= 4 is 57.5 Å². The minimum absolute atomic E-state index is 0.379. The van der Waals surface area contributed by atoms with Crippen molar-refractivity contribution in [3.8, 4) is 0 Å². The molecule has 0 aliphatic rings. The Morgan fingerprint density at radius 2 is 2.00 bits per heavy atom. The molecular weight excluding hydrogens is 301 g/mol. The van der Waals surface area contributed by atoms with Crippen LogP contribution in [0.1, 0.15) is 5.56 Å². The molecule has 17 heavy (non-hydrogen) atoms. The molecule has 1 aromatic heterocycles. The number of halogens is 3. The zero-order chi connectivity index (χ0) is 12.3. The van der Waals surface area contributed by atoms with Gasteiger partial charge in [-0.2, -0.15) is 5.10 Å². The predicted octanol–water partition coefficient (Wildman–Crippen LogP) is 4.55. The molecular formula is C10H6Cl3N3S. The molecule has 0 atom stereocenters. The topological polar surface area (TPSA) is 37.3 Å². The van der Waals surface area contributed by atoms with Gasteiger partial charge in [-0.25, -0.2) is 4.98 Å². The summed E-state index contributed by atoms with van der Waals surface area (Å²) in [5, 5.41) is 7.83. The van der Waals surface area contributed by atoms with Gasteiger partial charge < -0.3 is 0 Å². The molecule has 0 aliphatic carbocycles. The zero-order valence-corrected chi connectivity index (χ0v) is 11.4. The molecule has 2 rings (SSSR count). The van der Waals surface area contributed by atoms with Crippen LogP contribution in [-0.2, 0) is 0 Å². The molecule has 1 heterocycles. The molecule has 0 amide bonds. The van der Waals surface area contributed by atoms with Gasteiger partial charge in [0.1, 0.15) is 0 Å². The lowest BCUT2D eigenvalue weighted by atomic mass is 10.2. The monoisotopic (exact) mass is 305 g/mol. The number of hydrazone groups is 1. The third-order valence-electron chi connectivity index (χ3n) is 1.87. The second-order valence-corrected chi connectivity index (χ2v) is 5.05. The van der Waals surface area contributed by atoms with Crippen LogP contribution in [0.15, 0.2) is 28.8 Å². The lowest BCUT2D eigenvalue weighted by Gasteiger charge is -2.02. The van der Waals surface area contributed by atoms with Crippen molar-refractivity contribution in [3.63, 3.8) is 0 Å². The second kappa shape index (κ2) is 5.69. The number of rotatable bonds is 3. The van der Waals surface area contributed by atoms with E-state index in [9.17, 15) is 0 Å². The molecule has 7 heteroatoms. The van der Waals surface area contributed by atoms with Crippen LogP contribution in [0.2, 0.25) is 15.1 Å². The summed E-state index contributed by atoms with van der Waals surface area (Å²) in [5.41, 5.74) is 3.34. The minimum Gasteiger partial charge on any atom is -0.253 e. The van der Waals surface area contributed by atoms with Gasteiger partial charge >= 0.3 is 0 Å². The van der Waals surface area contributed by atoms with Gasteiger partial charge in [-0.05, 0) is 12.1 Å². The van der Waals surface area contributed by atoms with E-state index >= 15 is 0 Å². The number of nitrogens with one attached hydrogen (secondary N) is 1. The van der Waals surface area contributed by atoms with Crippen molar-refractivity contribution in [1.29, 1.82) is 0 Å². The van der Waals surface area contributed by atoms with E-state index < -0.39 is 0 Å². The van der Waals surface area contributed by atoms with Crippen LogP contribution in [0, 0.1) is 0 Å². The number of thiazole rings is 1. The smallest absolute Gasteiger partial charge is 0.203 e. The molecule has 0 saturated carbocycles. The zero-order valence-electron chi connectivity index (χ0n) is 8.32. The van der Waals surface area contributed by atoms with Gasteiger partial charge in [-0.3, -0.25) is 5.43 Å². The quantitative estimate of drug-likeness (QED) is 0.513. The van der Waals surface area contributed by atoms with E-state index in [0.717, 1.165) is 0 Å². The van der Waals surface area contributed by atoms with Crippen LogP contribution in [0.25, 0.3) is 0 Å². The third-order valence-corrected chi connectivity index (χ3v) is 3.69. The number of aromatic nitrogens is 1. The Labute approximate surface area is 117 Å². The third kappa shape index (κ3) is 3.10. The van der Waals surface area contributed by atoms with E-state index in [1.807, 2.05) is 5.38 Å². The van der Waals surface area contributed by atoms with Crippen LogP contribution in [0.3, 0.4) is 0 Å². The Balaban J connectivity index is 2.18. The molecule has 0 fully saturated rings. The van der Waals surface area contributed by atoms with Crippen molar-refractivity contribution in [2.75, 3.05) is 5.43 Å². The maximum atomic E-state index is 6.01. The highest BCUT2D eigenvalue weighted by molar-refractivity contribution is 7.13. The van der Waals surface area contributed by atoms with Crippen LogP contribution in [0.4, 0.5) is 5.13 Å². The summed E-state index contributed by atoms with van der Waals surface area (Å²) in [6.45, 7) is 0. The summed E-state index contributed by atoms with van der Waals surface area (Å²) < 4.78 is 0. The molecule has 0 spiro atoms. The van der Waals surface area contributed by atoms with Gasteiger partial charge in [0.2, 0.25) is 5.13 Å². The maximum absolute atomic E-state index is 6.01. The van der Waals surface area contributed by atoms with E-state index in [4.69, 9.17) is 34.8 Å². The van der Waals surface area contributed by atoms with Gasteiger partial charge in [-0.15, -0.1) is 11.3 Å². The van der Waals surface area contributed by atoms with Crippen molar-refractivity contribution in [3.05, 3.63) is 44.3 Å². The van der Waals surface area contributed by atoms with Gasteiger partial charge in [0, 0.05) is 17.1 Å². The molecule has 0 bridgehead atoms. The molecule has 1 N–H and O–H groups in total. The summed E-state index contributed by atoms with van der Waals surface area (Å²) in [7, 11) is 0. The first-order chi connectivity index (χ1) is 8.18. The van der Waals surface area contributed by atoms with Crippen molar-refractivity contribution < 1.29 is 0 Å². The van der Waals surface area contributed by atoms with Gasteiger partial charge in [0.15, 0.2) is 0 Å². The van der Waals surface area contributed by atoms with Crippen molar-refractivity contribution in [1.82, 2.24) is 4.98 Å². The molecule has 0 radical (unpaired) electrons. The Morgan fingerprint density at radius 3 is 2.71 bits per heavy atom. The van der Waals surface area contributed by atoms with E-state index in [0.29, 0.717) is 25.8 Å². The SMILES string of the molecule is Clc1ccc(Cl)c(/C=N/Nc2nccs2)c1Cl. The van der Waals surface area contributed by atoms with Crippen molar-refractivity contribution in [2.45, 2.75) is 0 Å². The van der Waals surface area contributed by atoms with E-state index in [-0.39, 0.29) is 0 Å². The van der Waals surface area contributed by atoms with Crippen LogP contribution in [0.5, 0.6) is 0 Å². The summed E-state index contributed by atoms with van der Waals surface area (Å²) in [6, 6.07) is 3.30. The van der Waals surface area contributed by atoms with Crippen LogP contribution < -0.4 is 5.43 Å². The maximum Gasteiger partial charge on any atom is 0.203 e. The molecule has 88 valence electrons. The average molecular weight is 307 g/mol. The van der Waals surface area contributed by atoms with E-state index in [2.05, 4.69) is 15.5 Å². The van der Waals surface area contributed by atoms with E-state index in [1.165, 1.54) is 17.6 Å². The Morgan fingerprint density at radius 1 is 1.24 bits per heavy atom. The first-order valence-corrected chi connectivity index (χ1v) is 6.52. The largest absolute Gasteiger partial charge is 0.253 e. The average Bonchev–Trinajstić information content (AvgIpc) is 2.81. The fourth-order valence-corrected chi connectivity index (χ4v) is 2.20. The summed E-state index contributed by atoms with van der Waals surface area (Å²) >= 11 is 19.3. The molecule has 2 aromatic rings. The molecule has 3 nitrogen and oxygen atoms in total. The summed E-state index contributed by atoms with van der Waals surface area (Å²) in [4.78, 5) is 4.01. The predicted molar refractivity (Wildman–Crippen MR) is 74.8 cm³/mol. The molecule has 0 saturated heterocycles. The van der Waals surface area contributed by atoms with Crippen LogP contribution >= 0.6 is 46.1 Å². The highest BCUT2D eigenvalue weighted by Gasteiger charge is 2.07. The normalized spacial score (nSPS) is 11.0. The number of anilines is 1. The summed E-state index contributed by atoms with van der Waals surface area (Å²) in [5.74, 6) is 0. The lowest BCUT2D eigenvalue weighted by Crippen LogP contribution is -1.92. The minimum atomic E-state index is 0.379. The van der Waals surface area contributed by atoms with Gasteiger partial charge in [-0.1, -0.05) is 34.8 Å². The fourth-order valence-electron chi connectivity index (χ4n) is 1.09. The number of nitrogens with zero attached hydrogens (tertiary/aromatic N) is 2. The van der Waals surface area contributed by atoms with Gasteiger partial charge in [0.25, 0.3) is 0 Å². The Hall–Kier alpha value is -0.810. The van der Waals surface area contributed by atoms with Crippen molar-refractivity contribution in [2.24, 2.45) is 5.10 Å². The first kappa shape index (κ1) is 12.6. The molecule has 1 aromatic carbocycles. The molecule has 0 aliphatic heterocycles. The number of benzene rings is 1. The standard InChI is InChI=1S/C10H6Cl3N3S/c11-7-1-2-8(12)9(13)6(7)5-15-16-10-14-3-4-17-10/h1-5H,(H,14,16)/b15-5+. The highest BCUT2D eigenvalue weighted by Crippen LogP contribution is 2.30. The number of hydrogen-bond acceptors (Lipinski definition) is 4. The lowest BCUT2D eigenvalue weighted by molar-refractivity contribution is 1.29. The van der Waals surface area contributed by atoms with Crippen LogP contribution in [-0.4, -0.2) is 11.2 Å². The fraction of sp³-hybridized carbons (Fsp3) is 0.